The summed E-state index contributed by atoms with van der Waals surface area (Å²) < 4.78 is 5.96. The van der Waals surface area contributed by atoms with E-state index in [-0.39, 0.29) is 40.5 Å². The van der Waals surface area contributed by atoms with Crippen molar-refractivity contribution in [3.63, 3.8) is 0 Å². The molecule has 4 heteroatoms. The van der Waals surface area contributed by atoms with Gasteiger partial charge in [0.2, 0.25) is 0 Å². The lowest BCUT2D eigenvalue weighted by Crippen LogP contribution is -2.57. The van der Waals surface area contributed by atoms with Crippen molar-refractivity contribution in [3.05, 3.63) is 23.8 Å². The number of rotatable bonds is 3. The highest BCUT2D eigenvalue weighted by molar-refractivity contribution is 6.01. The molecule has 0 aromatic carbocycles. The Morgan fingerprint density at radius 2 is 2.00 bits per heavy atom. The minimum absolute atomic E-state index is 0.0218. The maximum atomic E-state index is 12.0. The first-order chi connectivity index (χ1) is 13.2. The molecule has 2 unspecified atom stereocenters. The highest BCUT2D eigenvalue weighted by Gasteiger charge is 2.63. The predicted octanol–water partition coefficient (Wildman–Crippen LogP) is 4.29. The average Bonchev–Trinajstić information content (AvgIpc) is 3.00. The van der Waals surface area contributed by atoms with Gasteiger partial charge < -0.3 is 9.53 Å². The van der Waals surface area contributed by atoms with Crippen molar-refractivity contribution < 1.29 is 19.1 Å². The molecule has 0 radical (unpaired) electrons. The summed E-state index contributed by atoms with van der Waals surface area (Å²) in [4.78, 5) is 35.6. The summed E-state index contributed by atoms with van der Waals surface area (Å²) in [5, 5.41) is 0. The van der Waals surface area contributed by atoms with E-state index in [1.165, 1.54) is 12.5 Å². The molecule has 0 aromatic rings. The molecule has 4 nitrogen and oxygen atoms in total. The molecule has 8 atom stereocenters. The maximum absolute atomic E-state index is 12.0. The van der Waals surface area contributed by atoms with Gasteiger partial charge in [-0.2, -0.15) is 0 Å². The van der Waals surface area contributed by atoms with E-state index in [1.54, 1.807) is 6.08 Å². The van der Waals surface area contributed by atoms with E-state index in [1.807, 2.05) is 13.0 Å². The third-order valence-electron chi connectivity index (χ3n) is 8.86. The molecule has 4 rings (SSSR count). The van der Waals surface area contributed by atoms with E-state index in [4.69, 9.17) is 4.74 Å². The van der Waals surface area contributed by atoms with Crippen LogP contribution in [0, 0.1) is 40.4 Å². The monoisotopic (exact) mass is 384 g/mol. The second-order valence-electron chi connectivity index (χ2n) is 9.98. The summed E-state index contributed by atoms with van der Waals surface area (Å²) in [6.07, 6.45) is 11.5. The molecule has 3 saturated carbocycles. The zero-order valence-corrected chi connectivity index (χ0v) is 17.4. The van der Waals surface area contributed by atoms with Crippen LogP contribution in [0.25, 0.3) is 0 Å². The maximum Gasteiger partial charge on any atom is 0.302 e. The molecule has 152 valence electrons. The van der Waals surface area contributed by atoms with Crippen LogP contribution < -0.4 is 0 Å². The number of carbonyl (C=O) groups excluding carboxylic acids is 3. The number of ether oxygens (including phenoxy) is 1. The van der Waals surface area contributed by atoms with Crippen molar-refractivity contribution in [1.29, 1.82) is 0 Å². The normalized spacial score (nSPS) is 45.4. The molecule has 0 heterocycles. The second kappa shape index (κ2) is 6.67. The quantitative estimate of drug-likeness (QED) is 0.538. The van der Waals surface area contributed by atoms with Gasteiger partial charge in [0.1, 0.15) is 12.4 Å². The van der Waals surface area contributed by atoms with Gasteiger partial charge in [-0.05, 0) is 67.9 Å². The summed E-state index contributed by atoms with van der Waals surface area (Å²) in [6.45, 7) is 8.03. The van der Waals surface area contributed by atoms with Gasteiger partial charge in [-0.3, -0.25) is 9.59 Å². The van der Waals surface area contributed by atoms with Gasteiger partial charge in [-0.15, -0.1) is 0 Å². The SMILES string of the molecule is CC(=O)OC1C[C@H]2[C@@H](CCC3=CC(=O)C=C[C@@]32C)[C@@H]2CC[C@H](C(C)C=O)[C@@]12C. The van der Waals surface area contributed by atoms with Gasteiger partial charge in [0, 0.05) is 23.7 Å². The number of esters is 1. The largest absolute Gasteiger partial charge is 0.462 e. The van der Waals surface area contributed by atoms with Crippen LogP contribution in [0.4, 0.5) is 0 Å². The summed E-state index contributed by atoms with van der Waals surface area (Å²) >= 11 is 0. The zero-order chi connectivity index (χ0) is 20.3. The molecule has 0 bridgehead atoms. The first-order valence-electron chi connectivity index (χ1n) is 10.8. The summed E-state index contributed by atoms with van der Waals surface area (Å²) in [7, 11) is 0. The molecule has 4 aliphatic carbocycles. The minimum Gasteiger partial charge on any atom is -0.462 e. The number of carbonyl (C=O) groups is 3. The number of fused-ring (bicyclic) bond motifs is 5. The lowest BCUT2D eigenvalue weighted by atomic mass is 9.46. The predicted molar refractivity (Wildman–Crippen MR) is 106 cm³/mol. The van der Waals surface area contributed by atoms with Gasteiger partial charge >= 0.3 is 5.97 Å². The topological polar surface area (TPSA) is 60.4 Å². The highest BCUT2D eigenvalue weighted by Crippen LogP contribution is 2.67. The Kier molecular flexibility index (Phi) is 4.67. The van der Waals surface area contributed by atoms with Crippen molar-refractivity contribution in [2.75, 3.05) is 0 Å². The number of allylic oxidation sites excluding steroid dienone is 4. The van der Waals surface area contributed by atoms with Crippen LogP contribution in [0.3, 0.4) is 0 Å². The molecule has 0 N–H and O–H groups in total. The fourth-order valence-electron chi connectivity index (χ4n) is 7.50. The minimum atomic E-state index is -0.237. The van der Waals surface area contributed by atoms with Gasteiger partial charge in [0.05, 0.1) is 0 Å². The molecular formula is C24H32O4. The van der Waals surface area contributed by atoms with Crippen molar-refractivity contribution >= 4 is 18.0 Å². The van der Waals surface area contributed by atoms with Crippen molar-refractivity contribution in [2.24, 2.45) is 40.4 Å². The first-order valence-corrected chi connectivity index (χ1v) is 10.8. The Bertz CT molecular complexity index is 765. The number of hydrogen-bond acceptors (Lipinski definition) is 4. The average molecular weight is 385 g/mol. The van der Waals surface area contributed by atoms with E-state index < -0.39 is 0 Å². The number of hydrogen-bond donors (Lipinski definition) is 0. The van der Waals surface area contributed by atoms with Crippen LogP contribution in [0.5, 0.6) is 0 Å². The van der Waals surface area contributed by atoms with Gasteiger partial charge in [0.25, 0.3) is 0 Å². The second-order valence-corrected chi connectivity index (χ2v) is 9.98. The Morgan fingerprint density at radius 1 is 1.25 bits per heavy atom. The molecule has 0 aliphatic heterocycles. The lowest BCUT2D eigenvalue weighted by Gasteiger charge is -2.59. The van der Waals surface area contributed by atoms with Crippen LogP contribution >= 0.6 is 0 Å². The van der Waals surface area contributed by atoms with Crippen LogP contribution in [0.2, 0.25) is 0 Å². The number of ketones is 1. The van der Waals surface area contributed by atoms with Gasteiger partial charge in [-0.25, -0.2) is 0 Å². The van der Waals surface area contributed by atoms with E-state index in [0.29, 0.717) is 17.8 Å². The van der Waals surface area contributed by atoms with Gasteiger partial charge in [-0.1, -0.05) is 32.4 Å². The Labute approximate surface area is 167 Å². The van der Waals surface area contributed by atoms with Crippen LogP contribution in [0.1, 0.15) is 59.8 Å². The van der Waals surface area contributed by atoms with Gasteiger partial charge in [0.15, 0.2) is 5.78 Å². The van der Waals surface area contributed by atoms with E-state index in [9.17, 15) is 14.4 Å². The molecule has 3 fully saturated rings. The molecule has 0 amide bonds. The fraction of sp³-hybridized carbons (Fsp3) is 0.708. The van der Waals surface area contributed by atoms with E-state index in [2.05, 4.69) is 19.9 Å². The molecule has 0 aromatic heterocycles. The summed E-state index contributed by atoms with van der Waals surface area (Å²) in [5.41, 5.74) is 0.950. The smallest absolute Gasteiger partial charge is 0.302 e. The highest BCUT2D eigenvalue weighted by atomic mass is 16.5. The third-order valence-corrected chi connectivity index (χ3v) is 8.86. The molecule has 28 heavy (non-hydrogen) atoms. The number of aldehydes is 1. The van der Waals surface area contributed by atoms with E-state index in [0.717, 1.165) is 38.4 Å². The first kappa shape index (κ1) is 19.6. The Morgan fingerprint density at radius 3 is 2.68 bits per heavy atom. The van der Waals surface area contributed by atoms with E-state index >= 15 is 0 Å². The molecular weight excluding hydrogens is 352 g/mol. The standard InChI is InChI=1S/C24H32O4/c1-14(13-25)19-7-8-20-18-6-5-16-11-17(27)9-10-23(16,3)21(18)12-22(24(19,20)4)28-15(2)26/h9-11,13-14,18-22H,5-8,12H2,1-4H3/t14?,18-,19+,20-,21-,22?,23-,24+/m0/s1. The molecule has 0 spiro atoms. The van der Waals surface area contributed by atoms with Crippen molar-refractivity contribution in [1.82, 2.24) is 0 Å². The van der Waals surface area contributed by atoms with Crippen LogP contribution in [0.15, 0.2) is 23.8 Å². The zero-order valence-electron chi connectivity index (χ0n) is 17.4. The molecule has 4 aliphatic rings. The van der Waals surface area contributed by atoms with Crippen molar-refractivity contribution in [3.8, 4) is 0 Å². The lowest BCUT2D eigenvalue weighted by molar-refractivity contribution is -0.178. The van der Waals surface area contributed by atoms with Crippen LogP contribution in [-0.4, -0.2) is 24.1 Å². The van der Waals surface area contributed by atoms with Crippen LogP contribution in [-0.2, 0) is 19.1 Å². The Balaban J connectivity index is 1.76. The third kappa shape index (κ3) is 2.67. The van der Waals surface area contributed by atoms with Crippen molar-refractivity contribution in [2.45, 2.75) is 65.9 Å². The molecule has 0 saturated heterocycles. The summed E-state index contributed by atoms with van der Waals surface area (Å²) in [6, 6.07) is 0. The Hall–Kier alpha value is -1.71. The fourth-order valence-corrected chi connectivity index (χ4v) is 7.50. The summed E-state index contributed by atoms with van der Waals surface area (Å²) in [5.74, 6) is 1.44.